The Morgan fingerprint density at radius 3 is 2.82 bits per heavy atom. The van der Waals surface area contributed by atoms with Gasteiger partial charge in [-0.15, -0.1) is 0 Å². The summed E-state index contributed by atoms with van der Waals surface area (Å²) in [5.41, 5.74) is 0.706. The Morgan fingerprint density at radius 1 is 1.41 bits per heavy atom. The monoisotopic (exact) mass is 232 g/mol. The van der Waals surface area contributed by atoms with Crippen molar-refractivity contribution in [1.29, 1.82) is 0 Å². The second-order valence-corrected chi connectivity index (χ2v) is 4.03. The number of hydrogen-bond acceptors (Lipinski definition) is 3. The molecule has 1 aromatic carbocycles. The van der Waals surface area contributed by atoms with Crippen molar-refractivity contribution < 1.29 is 4.74 Å². The summed E-state index contributed by atoms with van der Waals surface area (Å²) < 4.78 is 6.77. The third-order valence-corrected chi connectivity index (χ3v) is 2.85. The summed E-state index contributed by atoms with van der Waals surface area (Å²) in [6.45, 7) is 2.07. The van der Waals surface area contributed by atoms with Crippen LogP contribution in [0.1, 0.15) is 19.2 Å². The molecule has 0 radical (unpaired) electrons. The Labute approximate surface area is 99.9 Å². The van der Waals surface area contributed by atoms with Crippen LogP contribution in [0.2, 0.25) is 0 Å². The molecular formula is C13H16N2O2. The zero-order valence-electron chi connectivity index (χ0n) is 10.4. The number of rotatable bonds is 3. The van der Waals surface area contributed by atoms with E-state index in [2.05, 4.69) is 11.9 Å². The van der Waals surface area contributed by atoms with E-state index >= 15 is 0 Å². The molecule has 0 aliphatic carbocycles. The maximum Gasteiger partial charge on any atom is 0.261 e. The van der Waals surface area contributed by atoms with Crippen LogP contribution in [-0.4, -0.2) is 16.7 Å². The van der Waals surface area contributed by atoms with Crippen LogP contribution in [0.15, 0.2) is 23.0 Å². The molecule has 0 aliphatic rings. The van der Waals surface area contributed by atoms with E-state index in [1.165, 1.54) is 0 Å². The molecule has 0 N–H and O–H groups in total. The van der Waals surface area contributed by atoms with Gasteiger partial charge in [0.1, 0.15) is 11.6 Å². The second-order valence-electron chi connectivity index (χ2n) is 4.03. The topological polar surface area (TPSA) is 44.1 Å². The van der Waals surface area contributed by atoms with E-state index in [-0.39, 0.29) is 5.56 Å². The van der Waals surface area contributed by atoms with Crippen molar-refractivity contribution in [1.82, 2.24) is 9.55 Å². The van der Waals surface area contributed by atoms with Crippen LogP contribution >= 0.6 is 0 Å². The van der Waals surface area contributed by atoms with E-state index in [0.29, 0.717) is 10.9 Å². The molecule has 4 heteroatoms. The molecule has 90 valence electrons. The van der Waals surface area contributed by atoms with E-state index in [1.54, 1.807) is 36.9 Å². The molecule has 0 spiro atoms. The van der Waals surface area contributed by atoms with E-state index in [1.807, 2.05) is 0 Å². The lowest BCUT2D eigenvalue weighted by atomic mass is 10.2. The Hall–Kier alpha value is -1.84. The zero-order valence-corrected chi connectivity index (χ0v) is 10.4. The van der Waals surface area contributed by atoms with Crippen LogP contribution in [0.3, 0.4) is 0 Å². The third kappa shape index (κ3) is 2.02. The number of fused-ring (bicyclic) bond motifs is 1. The van der Waals surface area contributed by atoms with Gasteiger partial charge in [0, 0.05) is 19.5 Å². The lowest BCUT2D eigenvalue weighted by Gasteiger charge is -2.08. The van der Waals surface area contributed by atoms with Gasteiger partial charge in [-0.3, -0.25) is 9.36 Å². The van der Waals surface area contributed by atoms with E-state index in [9.17, 15) is 4.79 Å². The maximum absolute atomic E-state index is 12.1. The number of hydrogen-bond donors (Lipinski definition) is 0. The van der Waals surface area contributed by atoms with E-state index in [0.717, 1.165) is 24.4 Å². The fourth-order valence-electron chi connectivity index (χ4n) is 1.87. The van der Waals surface area contributed by atoms with Gasteiger partial charge < -0.3 is 4.74 Å². The first-order chi connectivity index (χ1) is 8.17. The fourth-order valence-corrected chi connectivity index (χ4v) is 1.87. The highest BCUT2D eigenvalue weighted by atomic mass is 16.5. The van der Waals surface area contributed by atoms with Gasteiger partial charge in [-0.2, -0.15) is 0 Å². The van der Waals surface area contributed by atoms with E-state index < -0.39 is 0 Å². The average molecular weight is 232 g/mol. The van der Waals surface area contributed by atoms with Crippen LogP contribution in [0.4, 0.5) is 0 Å². The molecule has 0 saturated heterocycles. The van der Waals surface area contributed by atoms with Crippen molar-refractivity contribution in [2.75, 3.05) is 7.11 Å². The van der Waals surface area contributed by atoms with Crippen molar-refractivity contribution in [2.24, 2.45) is 7.05 Å². The molecular weight excluding hydrogens is 216 g/mol. The van der Waals surface area contributed by atoms with Crippen molar-refractivity contribution in [3.05, 3.63) is 34.4 Å². The number of aryl methyl sites for hydroxylation is 1. The molecule has 17 heavy (non-hydrogen) atoms. The Balaban J connectivity index is 2.72. The van der Waals surface area contributed by atoms with Crippen LogP contribution < -0.4 is 10.3 Å². The summed E-state index contributed by atoms with van der Waals surface area (Å²) in [7, 11) is 3.37. The van der Waals surface area contributed by atoms with Crippen LogP contribution in [0.25, 0.3) is 10.9 Å². The minimum absolute atomic E-state index is 0.00102. The molecule has 1 heterocycles. The Kier molecular flexibility index (Phi) is 3.13. The van der Waals surface area contributed by atoms with Crippen molar-refractivity contribution in [3.63, 3.8) is 0 Å². The number of benzene rings is 1. The lowest BCUT2D eigenvalue weighted by molar-refractivity contribution is 0.415. The number of methoxy groups -OCH3 is 1. The standard InChI is InChI=1S/C13H16N2O2/c1-4-5-12-14-11-8-9(17-3)6-7-10(11)13(16)15(12)2/h6-8H,4-5H2,1-3H3. The van der Waals surface area contributed by atoms with Crippen molar-refractivity contribution in [3.8, 4) is 5.75 Å². The lowest BCUT2D eigenvalue weighted by Crippen LogP contribution is -2.22. The smallest absolute Gasteiger partial charge is 0.261 e. The van der Waals surface area contributed by atoms with Gasteiger partial charge >= 0.3 is 0 Å². The number of nitrogens with zero attached hydrogens (tertiary/aromatic N) is 2. The largest absolute Gasteiger partial charge is 0.497 e. The van der Waals surface area contributed by atoms with Crippen LogP contribution in [-0.2, 0) is 13.5 Å². The van der Waals surface area contributed by atoms with E-state index in [4.69, 9.17) is 4.74 Å². The first-order valence-electron chi connectivity index (χ1n) is 5.71. The summed E-state index contributed by atoms with van der Waals surface area (Å²) >= 11 is 0. The minimum Gasteiger partial charge on any atom is -0.497 e. The molecule has 0 unspecified atom stereocenters. The summed E-state index contributed by atoms with van der Waals surface area (Å²) in [5, 5.41) is 0.633. The second kappa shape index (κ2) is 4.57. The maximum atomic E-state index is 12.1. The Morgan fingerprint density at radius 2 is 2.18 bits per heavy atom. The molecule has 0 aliphatic heterocycles. The zero-order chi connectivity index (χ0) is 12.4. The van der Waals surface area contributed by atoms with Gasteiger partial charge in [-0.05, 0) is 18.6 Å². The van der Waals surface area contributed by atoms with Gasteiger partial charge in [-0.1, -0.05) is 6.92 Å². The van der Waals surface area contributed by atoms with Crippen molar-refractivity contribution in [2.45, 2.75) is 19.8 Å². The number of aromatic nitrogens is 2. The highest BCUT2D eigenvalue weighted by Crippen LogP contribution is 2.17. The highest BCUT2D eigenvalue weighted by molar-refractivity contribution is 5.79. The summed E-state index contributed by atoms with van der Waals surface area (Å²) in [5.74, 6) is 1.54. The number of ether oxygens (including phenoxy) is 1. The predicted octanol–water partition coefficient (Wildman–Crippen LogP) is 1.89. The first kappa shape index (κ1) is 11.6. The molecule has 0 fully saturated rings. The average Bonchev–Trinajstić information content (AvgIpc) is 2.35. The van der Waals surface area contributed by atoms with Gasteiger partial charge in [0.2, 0.25) is 0 Å². The Bertz CT molecular complexity index is 602. The predicted molar refractivity (Wildman–Crippen MR) is 67.5 cm³/mol. The molecule has 0 atom stereocenters. The molecule has 2 aromatic rings. The van der Waals surface area contributed by atoms with Crippen LogP contribution in [0, 0.1) is 0 Å². The third-order valence-electron chi connectivity index (χ3n) is 2.85. The van der Waals surface area contributed by atoms with Crippen LogP contribution in [0.5, 0.6) is 5.75 Å². The van der Waals surface area contributed by atoms with Gasteiger partial charge in [0.25, 0.3) is 5.56 Å². The van der Waals surface area contributed by atoms with Gasteiger partial charge in [0.05, 0.1) is 18.0 Å². The molecule has 0 bridgehead atoms. The van der Waals surface area contributed by atoms with Gasteiger partial charge in [-0.25, -0.2) is 4.98 Å². The normalized spacial score (nSPS) is 10.8. The molecule has 4 nitrogen and oxygen atoms in total. The van der Waals surface area contributed by atoms with Gasteiger partial charge in [0.15, 0.2) is 0 Å². The quantitative estimate of drug-likeness (QED) is 0.811. The first-order valence-corrected chi connectivity index (χ1v) is 5.71. The highest BCUT2D eigenvalue weighted by Gasteiger charge is 2.08. The SMILES string of the molecule is CCCc1nc2cc(OC)ccc2c(=O)n1C. The summed E-state index contributed by atoms with van der Waals surface area (Å²) in [6.07, 6.45) is 1.77. The molecule has 1 aromatic heterocycles. The minimum atomic E-state index is 0.00102. The molecule has 0 amide bonds. The fraction of sp³-hybridized carbons (Fsp3) is 0.385. The molecule has 0 saturated carbocycles. The molecule has 2 rings (SSSR count). The summed E-state index contributed by atoms with van der Waals surface area (Å²) in [4.78, 5) is 16.6. The van der Waals surface area contributed by atoms with Crippen molar-refractivity contribution >= 4 is 10.9 Å². The summed E-state index contributed by atoms with van der Waals surface area (Å²) in [6, 6.07) is 5.35.